The van der Waals surface area contributed by atoms with Crippen molar-refractivity contribution in [1.29, 1.82) is 0 Å². The van der Waals surface area contributed by atoms with Crippen molar-refractivity contribution in [1.82, 2.24) is 0 Å². The van der Waals surface area contributed by atoms with Crippen LogP contribution in [-0.4, -0.2) is 6.10 Å². The summed E-state index contributed by atoms with van der Waals surface area (Å²) in [6.07, 6.45) is 0.164. The lowest BCUT2D eigenvalue weighted by Gasteiger charge is -2.17. The molecule has 1 N–H and O–H groups in total. The number of anilines is 1. The maximum atomic E-state index is 6.00. The van der Waals surface area contributed by atoms with Crippen LogP contribution >= 0.6 is 0 Å². The number of ether oxygens (including phenoxy) is 1. The van der Waals surface area contributed by atoms with Gasteiger partial charge >= 0.3 is 0 Å². The Kier molecular flexibility index (Phi) is 4.29. The van der Waals surface area contributed by atoms with Crippen molar-refractivity contribution in [3.05, 3.63) is 72.3 Å². The number of benzene rings is 3. The Balaban J connectivity index is 1.96. The van der Waals surface area contributed by atoms with Gasteiger partial charge in [-0.2, -0.15) is 0 Å². The van der Waals surface area contributed by atoms with Gasteiger partial charge in [-0.05, 0) is 42.8 Å². The second-order valence-electron chi connectivity index (χ2n) is 5.65. The summed E-state index contributed by atoms with van der Waals surface area (Å²) in [5.74, 6) is 0.956. The lowest BCUT2D eigenvalue weighted by atomic mass is 10.0. The zero-order valence-corrected chi connectivity index (χ0v) is 13.0. The molecule has 0 aliphatic carbocycles. The summed E-state index contributed by atoms with van der Waals surface area (Å²) < 4.78 is 6.00. The zero-order valence-electron chi connectivity index (χ0n) is 13.0. The number of rotatable bonds is 5. The third kappa shape index (κ3) is 3.22. The fourth-order valence-electron chi connectivity index (χ4n) is 2.61. The molecule has 0 radical (unpaired) electrons. The first-order valence-corrected chi connectivity index (χ1v) is 7.70. The first-order valence-electron chi connectivity index (χ1n) is 7.70. The summed E-state index contributed by atoms with van der Waals surface area (Å²) in [7, 11) is 0. The molecular weight excluding hydrogens is 270 g/mol. The Morgan fingerprint density at radius 2 is 1.59 bits per heavy atom. The highest BCUT2D eigenvalue weighted by Crippen LogP contribution is 2.29. The first-order chi connectivity index (χ1) is 10.7. The van der Waals surface area contributed by atoms with Gasteiger partial charge in [0.1, 0.15) is 5.75 Å². The van der Waals surface area contributed by atoms with E-state index in [0.717, 1.165) is 18.0 Å². The lowest BCUT2D eigenvalue weighted by Crippen LogP contribution is -2.09. The van der Waals surface area contributed by atoms with Crippen LogP contribution in [-0.2, 0) is 6.54 Å². The molecule has 0 aromatic heterocycles. The summed E-state index contributed by atoms with van der Waals surface area (Å²) in [5, 5.41) is 5.97. The molecule has 0 saturated carbocycles. The SMILES string of the molecule is CC(C)Oc1ccc2ccccc2c1CNc1ccccc1. The topological polar surface area (TPSA) is 21.3 Å². The van der Waals surface area contributed by atoms with Gasteiger partial charge in [0.25, 0.3) is 0 Å². The van der Waals surface area contributed by atoms with E-state index in [9.17, 15) is 0 Å². The zero-order chi connectivity index (χ0) is 15.4. The molecule has 0 fully saturated rings. The van der Waals surface area contributed by atoms with Crippen molar-refractivity contribution in [2.24, 2.45) is 0 Å². The van der Waals surface area contributed by atoms with Crippen LogP contribution in [0.1, 0.15) is 19.4 Å². The number of nitrogens with one attached hydrogen (secondary N) is 1. The minimum absolute atomic E-state index is 0.164. The molecule has 0 aliphatic rings. The maximum absolute atomic E-state index is 6.00. The number of fused-ring (bicyclic) bond motifs is 1. The fraction of sp³-hybridized carbons (Fsp3) is 0.200. The minimum atomic E-state index is 0.164. The fourth-order valence-corrected chi connectivity index (χ4v) is 2.61. The largest absolute Gasteiger partial charge is 0.491 e. The molecule has 2 heteroatoms. The van der Waals surface area contributed by atoms with Crippen LogP contribution in [0.5, 0.6) is 5.75 Å². The molecule has 2 nitrogen and oxygen atoms in total. The summed E-state index contributed by atoms with van der Waals surface area (Å²) in [5.41, 5.74) is 2.32. The molecule has 3 rings (SSSR count). The van der Waals surface area contributed by atoms with Crippen LogP contribution in [0.15, 0.2) is 66.7 Å². The number of para-hydroxylation sites is 1. The van der Waals surface area contributed by atoms with Crippen molar-refractivity contribution in [3.8, 4) is 5.75 Å². The lowest BCUT2D eigenvalue weighted by molar-refractivity contribution is 0.240. The molecular formula is C20H21NO. The van der Waals surface area contributed by atoms with Gasteiger partial charge in [0.15, 0.2) is 0 Å². The van der Waals surface area contributed by atoms with Crippen molar-refractivity contribution in [2.75, 3.05) is 5.32 Å². The molecule has 3 aromatic rings. The standard InChI is InChI=1S/C20H21NO/c1-15(2)22-20-13-12-16-8-6-7-11-18(16)19(20)14-21-17-9-4-3-5-10-17/h3-13,15,21H,14H2,1-2H3. The molecule has 112 valence electrons. The van der Waals surface area contributed by atoms with Crippen LogP contribution in [0, 0.1) is 0 Å². The molecule has 0 bridgehead atoms. The summed E-state index contributed by atoms with van der Waals surface area (Å²) >= 11 is 0. The molecule has 0 amide bonds. The Morgan fingerprint density at radius 1 is 0.864 bits per heavy atom. The molecule has 0 saturated heterocycles. The second kappa shape index (κ2) is 6.52. The quantitative estimate of drug-likeness (QED) is 0.694. The van der Waals surface area contributed by atoms with Crippen molar-refractivity contribution >= 4 is 16.5 Å². The third-order valence-corrected chi connectivity index (χ3v) is 3.60. The highest BCUT2D eigenvalue weighted by molar-refractivity contribution is 5.88. The van der Waals surface area contributed by atoms with Crippen LogP contribution < -0.4 is 10.1 Å². The molecule has 0 unspecified atom stereocenters. The molecule has 22 heavy (non-hydrogen) atoms. The van der Waals surface area contributed by atoms with Crippen molar-refractivity contribution < 1.29 is 4.74 Å². The highest BCUT2D eigenvalue weighted by atomic mass is 16.5. The maximum Gasteiger partial charge on any atom is 0.125 e. The van der Waals surface area contributed by atoms with Gasteiger partial charge in [-0.3, -0.25) is 0 Å². The smallest absolute Gasteiger partial charge is 0.125 e. The van der Waals surface area contributed by atoms with Crippen molar-refractivity contribution in [2.45, 2.75) is 26.5 Å². The van der Waals surface area contributed by atoms with Gasteiger partial charge in [0.2, 0.25) is 0 Å². The predicted molar refractivity (Wildman–Crippen MR) is 93.5 cm³/mol. The molecule has 0 aliphatic heterocycles. The first kappa shape index (κ1) is 14.5. The Labute approximate surface area is 131 Å². The van der Waals surface area contributed by atoms with Gasteiger partial charge in [0, 0.05) is 17.8 Å². The number of hydrogen-bond donors (Lipinski definition) is 1. The third-order valence-electron chi connectivity index (χ3n) is 3.60. The highest BCUT2D eigenvalue weighted by Gasteiger charge is 2.10. The van der Waals surface area contributed by atoms with Crippen LogP contribution in [0.2, 0.25) is 0 Å². The number of hydrogen-bond acceptors (Lipinski definition) is 2. The van der Waals surface area contributed by atoms with E-state index < -0.39 is 0 Å². The molecule has 0 atom stereocenters. The monoisotopic (exact) mass is 291 g/mol. The minimum Gasteiger partial charge on any atom is -0.491 e. The van der Waals surface area contributed by atoms with Gasteiger partial charge in [-0.15, -0.1) is 0 Å². The molecule has 0 spiro atoms. The summed E-state index contributed by atoms with van der Waals surface area (Å²) in [6.45, 7) is 4.86. The van der Waals surface area contributed by atoms with E-state index >= 15 is 0 Å². The van der Waals surface area contributed by atoms with Gasteiger partial charge in [-0.1, -0.05) is 48.5 Å². The predicted octanol–water partition coefficient (Wildman–Crippen LogP) is 5.24. The van der Waals surface area contributed by atoms with E-state index in [-0.39, 0.29) is 6.10 Å². The van der Waals surface area contributed by atoms with Crippen molar-refractivity contribution in [3.63, 3.8) is 0 Å². The van der Waals surface area contributed by atoms with Gasteiger partial charge in [0.05, 0.1) is 6.10 Å². The Bertz CT molecular complexity index is 750. The summed E-state index contributed by atoms with van der Waals surface area (Å²) in [6, 6.07) is 22.9. The van der Waals surface area contributed by atoms with Gasteiger partial charge < -0.3 is 10.1 Å². The summed E-state index contributed by atoms with van der Waals surface area (Å²) in [4.78, 5) is 0. The van der Waals surface area contributed by atoms with Crippen LogP contribution in [0.4, 0.5) is 5.69 Å². The van der Waals surface area contributed by atoms with E-state index in [1.807, 2.05) is 18.2 Å². The Morgan fingerprint density at radius 3 is 2.36 bits per heavy atom. The normalized spacial score (nSPS) is 10.9. The van der Waals surface area contributed by atoms with E-state index in [4.69, 9.17) is 4.74 Å². The van der Waals surface area contributed by atoms with E-state index in [0.29, 0.717) is 0 Å². The molecule has 0 heterocycles. The van der Waals surface area contributed by atoms with Crippen LogP contribution in [0.3, 0.4) is 0 Å². The molecule has 3 aromatic carbocycles. The van der Waals surface area contributed by atoms with E-state index in [1.165, 1.54) is 16.3 Å². The van der Waals surface area contributed by atoms with E-state index in [1.54, 1.807) is 0 Å². The van der Waals surface area contributed by atoms with E-state index in [2.05, 4.69) is 67.7 Å². The average Bonchev–Trinajstić information content (AvgIpc) is 2.54. The van der Waals surface area contributed by atoms with Gasteiger partial charge in [-0.25, -0.2) is 0 Å². The average molecular weight is 291 g/mol. The Hall–Kier alpha value is -2.48. The second-order valence-corrected chi connectivity index (χ2v) is 5.65. The van der Waals surface area contributed by atoms with Crippen LogP contribution in [0.25, 0.3) is 10.8 Å².